The Morgan fingerprint density at radius 2 is 2.11 bits per heavy atom. The summed E-state index contributed by atoms with van der Waals surface area (Å²) in [6, 6.07) is 2.18. The summed E-state index contributed by atoms with van der Waals surface area (Å²) in [6.45, 7) is 4.49. The Labute approximate surface area is 123 Å². The summed E-state index contributed by atoms with van der Waals surface area (Å²) in [4.78, 5) is 6.85. The van der Waals surface area contributed by atoms with Crippen molar-refractivity contribution >= 4 is 15.9 Å². The van der Waals surface area contributed by atoms with Crippen LogP contribution >= 0.6 is 15.9 Å². The molecule has 2 fully saturated rings. The molecule has 1 aromatic heterocycles. The first-order valence-electron chi connectivity index (χ1n) is 7.33. The highest BCUT2D eigenvalue weighted by molar-refractivity contribution is 9.10. The molecule has 104 valence electrons. The van der Waals surface area contributed by atoms with E-state index in [1.165, 1.54) is 44.2 Å². The largest absolute Gasteiger partial charge is 0.309 e. The molecule has 1 saturated heterocycles. The maximum absolute atomic E-state index is 4.26. The monoisotopic (exact) mass is 323 g/mol. The number of rotatable bonds is 2. The molecule has 19 heavy (non-hydrogen) atoms. The van der Waals surface area contributed by atoms with Gasteiger partial charge in [-0.15, -0.1) is 0 Å². The fourth-order valence-electron chi connectivity index (χ4n) is 3.54. The maximum atomic E-state index is 4.26. The van der Waals surface area contributed by atoms with Crippen molar-refractivity contribution in [3.63, 3.8) is 0 Å². The van der Waals surface area contributed by atoms with Crippen molar-refractivity contribution < 1.29 is 0 Å². The molecule has 0 atom stereocenters. The number of hydrogen-bond acceptors (Lipinski definition) is 3. The minimum absolute atomic E-state index is 0.399. The number of nitrogens with one attached hydrogen (secondary N) is 1. The third-order valence-electron chi connectivity index (χ3n) is 4.43. The number of halogens is 1. The summed E-state index contributed by atoms with van der Waals surface area (Å²) >= 11 is 3.50. The van der Waals surface area contributed by atoms with Gasteiger partial charge in [-0.05, 0) is 40.4 Å². The van der Waals surface area contributed by atoms with Crippen molar-refractivity contribution in [3.05, 3.63) is 28.5 Å². The van der Waals surface area contributed by atoms with Gasteiger partial charge < -0.3 is 5.32 Å². The van der Waals surface area contributed by atoms with Crippen LogP contribution in [0.25, 0.3) is 0 Å². The summed E-state index contributed by atoms with van der Waals surface area (Å²) in [6.07, 6.45) is 10.7. The Kier molecular flexibility index (Phi) is 4.20. The van der Waals surface area contributed by atoms with Gasteiger partial charge in [0.1, 0.15) is 0 Å². The number of pyridine rings is 1. The topological polar surface area (TPSA) is 28.2 Å². The lowest BCUT2D eigenvalue weighted by Crippen LogP contribution is -2.60. The predicted molar refractivity (Wildman–Crippen MR) is 81.0 cm³/mol. The highest BCUT2D eigenvalue weighted by atomic mass is 79.9. The molecule has 2 aliphatic rings. The highest BCUT2D eigenvalue weighted by Gasteiger charge is 2.35. The molecule has 1 aliphatic heterocycles. The first kappa shape index (κ1) is 13.5. The Hall–Kier alpha value is -0.450. The lowest BCUT2D eigenvalue weighted by Gasteiger charge is -2.46. The Morgan fingerprint density at radius 3 is 2.89 bits per heavy atom. The second kappa shape index (κ2) is 5.90. The lowest BCUT2D eigenvalue weighted by molar-refractivity contribution is 0.0944. The van der Waals surface area contributed by atoms with Crippen LogP contribution in [-0.4, -0.2) is 35.1 Å². The SMILES string of the molecule is Brc1cncc(CN2CCNC3(CCCCC3)C2)c1. The van der Waals surface area contributed by atoms with E-state index in [4.69, 9.17) is 0 Å². The Bertz CT molecular complexity index is 424. The van der Waals surface area contributed by atoms with Crippen molar-refractivity contribution in [3.8, 4) is 0 Å². The standard InChI is InChI=1S/C15H22BrN3/c16-14-8-13(9-17-10-14)11-19-7-6-18-15(12-19)4-2-1-3-5-15/h8-10,18H,1-7,11-12H2. The van der Waals surface area contributed by atoms with Crippen LogP contribution in [0.5, 0.6) is 0 Å². The summed E-state index contributed by atoms with van der Waals surface area (Å²) in [5, 5.41) is 3.80. The van der Waals surface area contributed by atoms with Crippen LogP contribution in [0.3, 0.4) is 0 Å². The first-order chi connectivity index (χ1) is 9.26. The molecule has 4 heteroatoms. The van der Waals surface area contributed by atoms with Crippen molar-refractivity contribution in [1.29, 1.82) is 0 Å². The minimum Gasteiger partial charge on any atom is -0.309 e. The molecule has 1 N–H and O–H groups in total. The van der Waals surface area contributed by atoms with Crippen molar-refractivity contribution in [1.82, 2.24) is 15.2 Å². The van der Waals surface area contributed by atoms with Gasteiger partial charge >= 0.3 is 0 Å². The van der Waals surface area contributed by atoms with E-state index < -0.39 is 0 Å². The van der Waals surface area contributed by atoms with E-state index in [1.807, 2.05) is 12.4 Å². The molecule has 1 aliphatic carbocycles. The van der Waals surface area contributed by atoms with Crippen LogP contribution in [0.4, 0.5) is 0 Å². The number of piperazine rings is 1. The second-order valence-corrected chi connectivity index (χ2v) is 6.91. The van der Waals surface area contributed by atoms with Crippen molar-refractivity contribution in [2.75, 3.05) is 19.6 Å². The van der Waals surface area contributed by atoms with E-state index in [2.05, 4.69) is 37.2 Å². The van der Waals surface area contributed by atoms with Crippen LogP contribution in [-0.2, 0) is 6.54 Å². The molecule has 0 radical (unpaired) electrons. The molecule has 0 amide bonds. The molecule has 2 heterocycles. The van der Waals surface area contributed by atoms with E-state index >= 15 is 0 Å². The highest BCUT2D eigenvalue weighted by Crippen LogP contribution is 2.31. The van der Waals surface area contributed by atoms with Crippen LogP contribution in [0.15, 0.2) is 22.9 Å². The summed E-state index contributed by atoms with van der Waals surface area (Å²) in [5.74, 6) is 0. The van der Waals surface area contributed by atoms with Gasteiger partial charge in [0.2, 0.25) is 0 Å². The smallest absolute Gasteiger partial charge is 0.0410 e. The number of nitrogens with zero attached hydrogens (tertiary/aromatic N) is 2. The van der Waals surface area contributed by atoms with E-state index in [-0.39, 0.29) is 0 Å². The van der Waals surface area contributed by atoms with Crippen LogP contribution in [0.2, 0.25) is 0 Å². The van der Waals surface area contributed by atoms with Crippen LogP contribution in [0.1, 0.15) is 37.7 Å². The van der Waals surface area contributed by atoms with Gasteiger partial charge in [0, 0.05) is 48.6 Å². The third kappa shape index (κ3) is 3.36. The predicted octanol–water partition coefficient (Wildman–Crippen LogP) is 2.95. The number of hydrogen-bond donors (Lipinski definition) is 1. The first-order valence-corrected chi connectivity index (χ1v) is 8.12. The molecule has 0 aromatic carbocycles. The van der Waals surface area contributed by atoms with Gasteiger partial charge in [0.05, 0.1) is 0 Å². The molecule has 3 rings (SSSR count). The van der Waals surface area contributed by atoms with Crippen LogP contribution < -0.4 is 5.32 Å². The maximum Gasteiger partial charge on any atom is 0.0410 e. The quantitative estimate of drug-likeness (QED) is 0.907. The fourth-order valence-corrected chi connectivity index (χ4v) is 3.95. The summed E-state index contributed by atoms with van der Waals surface area (Å²) < 4.78 is 1.08. The molecule has 1 spiro atoms. The van der Waals surface area contributed by atoms with Gasteiger partial charge in [-0.3, -0.25) is 9.88 Å². The zero-order valence-corrected chi connectivity index (χ0v) is 13.0. The number of aromatic nitrogens is 1. The lowest BCUT2D eigenvalue weighted by atomic mass is 9.80. The molecule has 1 aromatic rings. The minimum atomic E-state index is 0.399. The Balaban J connectivity index is 1.65. The molecule has 0 unspecified atom stereocenters. The van der Waals surface area contributed by atoms with E-state index in [0.717, 1.165) is 24.1 Å². The van der Waals surface area contributed by atoms with Gasteiger partial charge in [-0.1, -0.05) is 19.3 Å². The average Bonchev–Trinajstić information content (AvgIpc) is 2.40. The van der Waals surface area contributed by atoms with Crippen molar-refractivity contribution in [2.45, 2.75) is 44.2 Å². The fraction of sp³-hybridized carbons (Fsp3) is 0.667. The molecular formula is C15H22BrN3. The van der Waals surface area contributed by atoms with Gasteiger partial charge in [-0.25, -0.2) is 0 Å². The summed E-state index contributed by atoms with van der Waals surface area (Å²) in [5.41, 5.74) is 1.71. The van der Waals surface area contributed by atoms with Crippen LogP contribution in [0, 0.1) is 0 Å². The normalized spacial score (nSPS) is 23.6. The summed E-state index contributed by atoms with van der Waals surface area (Å²) in [7, 11) is 0. The van der Waals surface area contributed by atoms with E-state index in [0.29, 0.717) is 5.54 Å². The molecule has 3 nitrogen and oxygen atoms in total. The zero-order valence-electron chi connectivity index (χ0n) is 11.4. The van der Waals surface area contributed by atoms with E-state index in [1.54, 1.807) is 0 Å². The van der Waals surface area contributed by atoms with Gasteiger partial charge in [-0.2, -0.15) is 0 Å². The van der Waals surface area contributed by atoms with E-state index in [9.17, 15) is 0 Å². The molecule has 0 bridgehead atoms. The second-order valence-electron chi connectivity index (χ2n) is 5.99. The zero-order chi connectivity index (χ0) is 13.1. The van der Waals surface area contributed by atoms with Gasteiger partial charge in [0.25, 0.3) is 0 Å². The Morgan fingerprint density at radius 1 is 1.26 bits per heavy atom. The molecule has 1 saturated carbocycles. The average molecular weight is 324 g/mol. The van der Waals surface area contributed by atoms with Gasteiger partial charge in [0.15, 0.2) is 0 Å². The third-order valence-corrected chi connectivity index (χ3v) is 4.87. The molecular weight excluding hydrogens is 302 g/mol. The van der Waals surface area contributed by atoms with Crippen molar-refractivity contribution in [2.24, 2.45) is 0 Å².